The Morgan fingerprint density at radius 3 is 1.95 bits per heavy atom. The third kappa shape index (κ3) is 2.37. The van der Waals surface area contributed by atoms with Crippen LogP contribution in [0.2, 0.25) is 0 Å². The Bertz CT molecular complexity index is 734. The average molecular weight is 272 g/mol. The van der Waals surface area contributed by atoms with Crippen LogP contribution in [0.25, 0.3) is 11.1 Å². The zero-order valence-electron chi connectivity index (χ0n) is 11.6. The van der Waals surface area contributed by atoms with E-state index in [-0.39, 0.29) is 12.2 Å². The second-order valence-electron chi connectivity index (χ2n) is 5.34. The third-order valence-corrected chi connectivity index (χ3v) is 3.97. The van der Waals surface area contributed by atoms with Crippen LogP contribution >= 0.6 is 0 Å². The molecular formula is C20H16O. The maximum absolute atomic E-state index is 5.95. The van der Waals surface area contributed by atoms with Gasteiger partial charge in [-0.25, -0.2) is 0 Å². The van der Waals surface area contributed by atoms with Crippen molar-refractivity contribution in [2.24, 2.45) is 0 Å². The predicted octanol–water partition coefficient (Wildman–Crippen LogP) is 5.17. The van der Waals surface area contributed by atoms with Gasteiger partial charge in [0.1, 0.15) is 12.2 Å². The Morgan fingerprint density at radius 1 is 0.571 bits per heavy atom. The fourth-order valence-corrected chi connectivity index (χ4v) is 2.87. The molecule has 1 heterocycles. The van der Waals surface area contributed by atoms with Crippen molar-refractivity contribution >= 4 is 0 Å². The number of hydrogen-bond donors (Lipinski definition) is 0. The fraction of sp³-hybridized carbons (Fsp3) is 0.100. The normalized spacial score (nSPS) is 20.2. The smallest absolute Gasteiger partial charge is 0.114 e. The Hall–Kier alpha value is -2.38. The molecule has 1 aliphatic rings. The van der Waals surface area contributed by atoms with E-state index < -0.39 is 0 Å². The summed E-state index contributed by atoms with van der Waals surface area (Å²) in [5.41, 5.74) is 5.04. The fourth-order valence-electron chi connectivity index (χ4n) is 2.87. The molecule has 0 aliphatic carbocycles. The maximum atomic E-state index is 5.95. The van der Waals surface area contributed by atoms with Crippen LogP contribution in [0.4, 0.5) is 0 Å². The van der Waals surface area contributed by atoms with Gasteiger partial charge in [0.25, 0.3) is 0 Å². The first-order valence-corrected chi connectivity index (χ1v) is 7.28. The zero-order valence-corrected chi connectivity index (χ0v) is 11.6. The van der Waals surface area contributed by atoms with Gasteiger partial charge in [0.15, 0.2) is 0 Å². The number of benzene rings is 3. The van der Waals surface area contributed by atoms with Gasteiger partial charge >= 0.3 is 0 Å². The zero-order chi connectivity index (χ0) is 14.1. The quantitative estimate of drug-likeness (QED) is 0.599. The van der Waals surface area contributed by atoms with E-state index in [4.69, 9.17) is 4.74 Å². The van der Waals surface area contributed by atoms with E-state index in [1.165, 1.54) is 22.3 Å². The van der Waals surface area contributed by atoms with Crippen molar-refractivity contribution in [3.63, 3.8) is 0 Å². The summed E-state index contributed by atoms with van der Waals surface area (Å²) in [7, 11) is 0. The van der Waals surface area contributed by atoms with Gasteiger partial charge in [0, 0.05) is 0 Å². The van der Waals surface area contributed by atoms with Crippen molar-refractivity contribution in [1.29, 1.82) is 0 Å². The van der Waals surface area contributed by atoms with Gasteiger partial charge in [-0.2, -0.15) is 0 Å². The second kappa shape index (κ2) is 5.19. The van der Waals surface area contributed by atoms with Crippen LogP contribution in [0, 0.1) is 0 Å². The molecule has 1 nitrogen and oxygen atoms in total. The van der Waals surface area contributed by atoms with Crippen LogP contribution in [-0.2, 0) is 4.74 Å². The van der Waals surface area contributed by atoms with Crippen molar-refractivity contribution < 1.29 is 4.74 Å². The van der Waals surface area contributed by atoms with Crippen molar-refractivity contribution in [3.8, 4) is 11.1 Å². The minimum absolute atomic E-state index is 0.170. The summed E-state index contributed by atoms with van der Waals surface area (Å²) in [4.78, 5) is 0. The molecule has 0 saturated carbocycles. The van der Waals surface area contributed by atoms with Crippen LogP contribution in [0.1, 0.15) is 23.3 Å². The largest absolute Gasteiger partial charge is 0.359 e. The second-order valence-corrected chi connectivity index (χ2v) is 5.34. The topological polar surface area (TPSA) is 12.5 Å². The molecule has 3 aromatic carbocycles. The molecule has 1 aliphatic heterocycles. The summed E-state index contributed by atoms with van der Waals surface area (Å²) in [6.07, 6.45) is 0.361. The van der Waals surface area contributed by atoms with E-state index in [1.54, 1.807) is 0 Å². The monoisotopic (exact) mass is 272 g/mol. The minimum Gasteiger partial charge on any atom is -0.359 e. The molecule has 1 heteroatoms. The summed E-state index contributed by atoms with van der Waals surface area (Å²) < 4.78 is 5.95. The van der Waals surface area contributed by atoms with Crippen molar-refractivity contribution in [2.75, 3.05) is 0 Å². The highest BCUT2D eigenvalue weighted by Crippen LogP contribution is 2.52. The van der Waals surface area contributed by atoms with Gasteiger partial charge in [-0.15, -0.1) is 0 Å². The van der Waals surface area contributed by atoms with Crippen molar-refractivity contribution in [2.45, 2.75) is 12.2 Å². The van der Waals surface area contributed by atoms with Crippen LogP contribution in [-0.4, -0.2) is 0 Å². The Labute approximate surface area is 124 Å². The first-order valence-electron chi connectivity index (χ1n) is 7.28. The van der Waals surface area contributed by atoms with Gasteiger partial charge in [0.05, 0.1) is 0 Å². The standard InChI is InChI=1S/C20H16O/c1-3-9-15(10-4-1)17-13-7-8-14-18(17)20-19(21-20)16-11-5-2-6-12-16/h1-14,19-20H/t19-,20?/m1/s1. The van der Waals surface area contributed by atoms with Gasteiger partial charge in [0.2, 0.25) is 0 Å². The first kappa shape index (κ1) is 12.4. The lowest BCUT2D eigenvalue weighted by Crippen LogP contribution is -1.89. The number of epoxide rings is 1. The molecule has 2 atom stereocenters. The SMILES string of the molecule is c1ccc(-c2ccccc2C2O[C@@H]2c2ccccc2)cc1. The van der Waals surface area contributed by atoms with E-state index in [9.17, 15) is 0 Å². The molecule has 0 radical (unpaired) electrons. The molecule has 4 rings (SSSR count). The maximum Gasteiger partial charge on any atom is 0.114 e. The lowest BCUT2D eigenvalue weighted by molar-refractivity contribution is 0.378. The Kier molecular flexibility index (Phi) is 3.06. The summed E-state index contributed by atoms with van der Waals surface area (Å²) in [5.74, 6) is 0. The summed E-state index contributed by atoms with van der Waals surface area (Å²) in [6, 6.07) is 29.5. The summed E-state index contributed by atoms with van der Waals surface area (Å²) in [6.45, 7) is 0. The molecule has 0 N–H and O–H groups in total. The molecule has 0 amide bonds. The molecule has 3 aromatic rings. The molecule has 1 unspecified atom stereocenters. The van der Waals surface area contributed by atoms with Gasteiger partial charge < -0.3 is 4.74 Å². The van der Waals surface area contributed by atoms with Gasteiger partial charge in [-0.1, -0.05) is 84.9 Å². The van der Waals surface area contributed by atoms with E-state index in [1.807, 2.05) is 12.1 Å². The molecule has 0 bridgehead atoms. The predicted molar refractivity (Wildman–Crippen MR) is 84.9 cm³/mol. The average Bonchev–Trinajstić information content (AvgIpc) is 3.37. The van der Waals surface area contributed by atoms with E-state index in [2.05, 4.69) is 72.8 Å². The van der Waals surface area contributed by atoms with E-state index in [0.29, 0.717) is 0 Å². The van der Waals surface area contributed by atoms with Gasteiger partial charge in [-0.3, -0.25) is 0 Å². The Morgan fingerprint density at radius 2 is 1.19 bits per heavy atom. The lowest BCUT2D eigenvalue weighted by atomic mass is 9.95. The highest BCUT2D eigenvalue weighted by Gasteiger charge is 2.42. The molecule has 0 aromatic heterocycles. The third-order valence-electron chi connectivity index (χ3n) is 3.97. The lowest BCUT2D eigenvalue weighted by Gasteiger charge is -2.07. The van der Waals surface area contributed by atoms with Crippen LogP contribution < -0.4 is 0 Å². The Balaban J connectivity index is 1.69. The molecule has 1 saturated heterocycles. The highest BCUT2D eigenvalue weighted by atomic mass is 16.6. The minimum atomic E-state index is 0.170. The van der Waals surface area contributed by atoms with Gasteiger partial charge in [-0.05, 0) is 22.3 Å². The van der Waals surface area contributed by atoms with E-state index in [0.717, 1.165) is 0 Å². The summed E-state index contributed by atoms with van der Waals surface area (Å²) in [5, 5.41) is 0. The van der Waals surface area contributed by atoms with Crippen molar-refractivity contribution in [1.82, 2.24) is 0 Å². The molecule has 102 valence electrons. The van der Waals surface area contributed by atoms with Crippen LogP contribution in [0.3, 0.4) is 0 Å². The number of hydrogen-bond acceptors (Lipinski definition) is 1. The first-order chi connectivity index (χ1) is 10.4. The van der Waals surface area contributed by atoms with Crippen molar-refractivity contribution in [3.05, 3.63) is 96.1 Å². The highest BCUT2D eigenvalue weighted by molar-refractivity contribution is 5.68. The number of rotatable bonds is 3. The van der Waals surface area contributed by atoms with Crippen LogP contribution in [0.15, 0.2) is 84.9 Å². The van der Waals surface area contributed by atoms with Crippen LogP contribution in [0.5, 0.6) is 0 Å². The molecular weight excluding hydrogens is 256 g/mol. The summed E-state index contributed by atoms with van der Waals surface area (Å²) >= 11 is 0. The molecule has 1 fully saturated rings. The number of ether oxygens (including phenoxy) is 1. The van der Waals surface area contributed by atoms with E-state index >= 15 is 0 Å². The molecule has 0 spiro atoms. The molecule has 21 heavy (non-hydrogen) atoms.